The fourth-order valence-corrected chi connectivity index (χ4v) is 5.68. The van der Waals surface area contributed by atoms with E-state index in [-0.39, 0.29) is 29.2 Å². The average molecular weight is 560 g/mol. The van der Waals surface area contributed by atoms with E-state index >= 15 is 0 Å². The van der Waals surface area contributed by atoms with Crippen molar-refractivity contribution >= 4 is 11.5 Å². The minimum Gasteiger partial charge on any atom is -0.479 e. The number of fused-ring (bicyclic) bond motifs is 3. The molecular formula is C28H35F2N5O5. The summed E-state index contributed by atoms with van der Waals surface area (Å²) in [7, 11) is 1.00. The first-order chi connectivity index (χ1) is 19.5. The molecule has 1 aliphatic carbocycles. The number of anilines is 2. The van der Waals surface area contributed by atoms with Crippen molar-refractivity contribution in [1.82, 2.24) is 15.0 Å². The van der Waals surface area contributed by atoms with E-state index in [1.165, 1.54) is 0 Å². The molecule has 216 valence electrons. The van der Waals surface area contributed by atoms with Crippen molar-refractivity contribution in [2.24, 2.45) is 0 Å². The number of nitrogens with one attached hydrogen (secondary N) is 1. The van der Waals surface area contributed by atoms with Gasteiger partial charge in [0, 0.05) is 32.9 Å². The van der Waals surface area contributed by atoms with E-state index in [1.807, 2.05) is 41.3 Å². The third kappa shape index (κ3) is 5.23. The number of aliphatic hydroxyl groups is 1. The first-order valence-corrected chi connectivity index (χ1v) is 13.5. The van der Waals surface area contributed by atoms with E-state index in [1.54, 1.807) is 6.20 Å². The highest BCUT2D eigenvalue weighted by atomic mass is 19.3. The van der Waals surface area contributed by atoms with Gasteiger partial charge in [0.15, 0.2) is 17.4 Å². The van der Waals surface area contributed by atoms with E-state index in [0.29, 0.717) is 37.1 Å². The summed E-state index contributed by atoms with van der Waals surface area (Å²) < 4.78 is 43.2. The fourth-order valence-electron chi connectivity index (χ4n) is 5.68. The van der Waals surface area contributed by atoms with Gasteiger partial charge in [-0.15, -0.1) is 0 Å². The Hall–Kier alpha value is -3.35. The lowest BCUT2D eigenvalue weighted by molar-refractivity contribution is -0.228. The lowest BCUT2D eigenvalue weighted by Crippen LogP contribution is -2.68. The largest absolute Gasteiger partial charge is 0.479 e. The number of morpholine rings is 1. The van der Waals surface area contributed by atoms with Gasteiger partial charge in [-0.2, -0.15) is 0 Å². The highest BCUT2D eigenvalue weighted by Crippen LogP contribution is 2.46. The second kappa shape index (κ2) is 12.0. The number of halogens is 2. The number of H-pyrrole nitrogens is 1. The van der Waals surface area contributed by atoms with Gasteiger partial charge in [-0.05, 0) is 38.0 Å². The normalized spacial score (nSPS) is 25.3. The average Bonchev–Trinajstić information content (AvgIpc) is 3.62. The molecule has 3 saturated heterocycles. The van der Waals surface area contributed by atoms with Crippen molar-refractivity contribution in [3.8, 4) is 5.75 Å². The lowest BCUT2D eigenvalue weighted by Gasteiger charge is -2.53. The number of allylic oxidation sites excluding steroid dienone is 2. The number of hydrogen-bond donors (Lipinski definition) is 2. The van der Waals surface area contributed by atoms with Crippen LogP contribution in [0.2, 0.25) is 0 Å². The molecule has 10 nitrogen and oxygen atoms in total. The molecule has 0 bridgehead atoms. The molecular weight excluding hydrogens is 524 g/mol. The van der Waals surface area contributed by atoms with Gasteiger partial charge in [-0.25, -0.2) is 18.7 Å². The molecule has 3 atom stereocenters. The zero-order valence-electron chi connectivity index (χ0n) is 22.6. The van der Waals surface area contributed by atoms with Crippen molar-refractivity contribution in [2.75, 3.05) is 56.4 Å². The number of aliphatic hydroxyl groups excluding tert-OH is 1. The molecule has 0 amide bonds. The van der Waals surface area contributed by atoms with E-state index in [4.69, 9.17) is 19.3 Å². The van der Waals surface area contributed by atoms with Crippen LogP contribution >= 0.6 is 0 Å². The van der Waals surface area contributed by atoms with Crippen LogP contribution in [0.3, 0.4) is 0 Å². The maximum absolute atomic E-state index is 13.1. The minimum absolute atomic E-state index is 0.0448. The van der Waals surface area contributed by atoms with Crippen LogP contribution in [0.5, 0.6) is 5.75 Å². The first kappa shape index (κ1) is 28.2. The molecule has 5 aliphatic rings. The highest BCUT2D eigenvalue weighted by molar-refractivity contribution is 5.60. The van der Waals surface area contributed by atoms with Gasteiger partial charge in [0.05, 0.1) is 37.5 Å². The standard InChI is InChI=1S/C15H15F2N3O.C12H16N2O3.CH4O/c16-13(17)14-18-11-9-5-1-2-6-10(9)21-12(11)15(19-14)20-7-3-4-8-20;1-9-12(7-16-8-12)17-6-5-14(9)10-3-2-4-13-11(10)15;1-2/h1-2,5-6,9-10,13H,3-4,7-8H2;2-4,9H,5-8H2,1H3,(H,13,15);2H,1H3. The molecule has 2 aromatic heterocycles. The summed E-state index contributed by atoms with van der Waals surface area (Å²) >= 11 is 0. The number of ether oxygens (including phenoxy) is 3. The maximum Gasteiger partial charge on any atom is 0.297 e. The predicted octanol–water partition coefficient (Wildman–Crippen LogP) is 2.96. The molecule has 1 spiro atoms. The molecule has 3 fully saturated rings. The second-order valence-electron chi connectivity index (χ2n) is 10.2. The smallest absolute Gasteiger partial charge is 0.297 e. The number of aromatic nitrogens is 3. The Morgan fingerprint density at radius 1 is 1.12 bits per heavy atom. The Morgan fingerprint density at radius 3 is 2.55 bits per heavy atom. The van der Waals surface area contributed by atoms with Gasteiger partial charge in [-0.1, -0.05) is 18.2 Å². The molecule has 12 heteroatoms. The van der Waals surface area contributed by atoms with Gasteiger partial charge in [0.1, 0.15) is 17.4 Å². The topological polar surface area (TPSA) is 113 Å². The number of aromatic amines is 1. The second-order valence-corrected chi connectivity index (χ2v) is 10.2. The molecule has 6 heterocycles. The van der Waals surface area contributed by atoms with Gasteiger partial charge in [0.25, 0.3) is 12.0 Å². The molecule has 0 saturated carbocycles. The summed E-state index contributed by atoms with van der Waals surface area (Å²) in [5.41, 5.74) is 1.04. The predicted molar refractivity (Wildman–Crippen MR) is 145 cm³/mol. The van der Waals surface area contributed by atoms with Gasteiger partial charge < -0.3 is 34.1 Å². The fraction of sp³-hybridized carbons (Fsp3) is 0.536. The van der Waals surface area contributed by atoms with Crippen LogP contribution in [0.1, 0.15) is 43.6 Å². The number of hydrogen-bond acceptors (Lipinski definition) is 9. The van der Waals surface area contributed by atoms with Gasteiger partial charge >= 0.3 is 0 Å². The molecule has 3 unspecified atom stereocenters. The van der Waals surface area contributed by atoms with Crippen molar-refractivity contribution in [1.29, 1.82) is 0 Å². The Bertz CT molecular complexity index is 1290. The molecule has 40 heavy (non-hydrogen) atoms. The summed E-state index contributed by atoms with van der Waals surface area (Å²) in [5.74, 6) is 0.617. The highest BCUT2D eigenvalue weighted by Gasteiger charge is 2.50. The Morgan fingerprint density at radius 2 is 1.88 bits per heavy atom. The zero-order chi connectivity index (χ0) is 28.3. The zero-order valence-corrected chi connectivity index (χ0v) is 22.6. The molecule has 4 aliphatic heterocycles. The van der Waals surface area contributed by atoms with Crippen LogP contribution in [0, 0.1) is 0 Å². The summed E-state index contributed by atoms with van der Waals surface area (Å²) in [5, 5.41) is 7.00. The number of pyridine rings is 1. The molecule has 2 N–H and O–H groups in total. The van der Waals surface area contributed by atoms with Crippen LogP contribution in [0.25, 0.3) is 0 Å². The number of alkyl halides is 2. The Labute approximate surface area is 231 Å². The third-order valence-electron chi connectivity index (χ3n) is 7.90. The monoisotopic (exact) mass is 559 g/mol. The third-order valence-corrected chi connectivity index (χ3v) is 7.90. The lowest BCUT2D eigenvalue weighted by atomic mass is 9.90. The van der Waals surface area contributed by atoms with Crippen LogP contribution in [0.15, 0.2) is 47.4 Å². The van der Waals surface area contributed by atoms with E-state index in [0.717, 1.165) is 45.3 Å². The van der Waals surface area contributed by atoms with Crippen LogP contribution in [-0.4, -0.2) is 84.4 Å². The van der Waals surface area contributed by atoms with Gasteiger partial charge in [-0.3, -0.25) is 4.79 Å². The van der Waals surface area contributed by atoms with E-state index in [9.17, 15) is 13.6 Å². The first-order valence-electron chi connectivity index (χ1n) is 13.5. The van der Waals surface area contributed by atoms with Crippen LogP contribution in [0.4, 0.5) is 20.3 Å². The Balaban J connectivity index is 0.000000155. The molecule has 2 aromatic rings. The van der Waals surface area contributed by atoms with Crippen molar-refractivity contribution in [3.05, 3.63) is 64.5 Å². The summed E-state index contributed by atoms with van der Waals surface area (Å²) in [6.07, 6.45) is 8.62. The molecule has 0 aromatic carbocycles. The SMILES string of the molecule is CC1N(c2ccc[nH]c2=O)CCOC12COC2.CO.FC(F)c1nc2c(c(N3CCCC3)n1)OC1C=CC=CC21. The van der Waals surface area contributed by atoms with E-state index in [2.05, 4.69) is 26.8 Å². The van der Waals surface area contributed by atoms with Crippen molar-refractivity contribution < 1.29 is 28.1 Å². The van der Waals surface area contributed by atoms with Crippen LogP contribution < -0.4 is 20.1 Å². The van der Waals surface area contributed by atoms with Gasteiger partial charge in [0.2, 0.25) is 0 Å². The van der Waals surface area contributed by atoms with Crippen LogP contribution in [-0.2, 0) is 9.47 Å². The van der Waals surface area contributed by atoms with Crippen molar-refractivity contribution in [3.63, 3.8) is 0 Å². The van der Waals surface area contributed by atoms with E-state index < -0.39 is 12.2 Å². The molecule has 0 radical (unpaired) electrons. The summed E-state index contributed by atoms with van der Waals surface area (Å²) in [6, 6.07) is 3.87. The minimum atomic E-state index is -2.67. The molecule has 7 rings (SSSR count). The quantitative estimate of drug-likeness (QED) is 0.586. The Kier molecular flexibility index (Phi) is 8.48. The summed E-state index contributed by atoms with van der Waals surface area (Å²) in [6.45, 7) is 6.38. The van der Waals surface area contributed by atoms with Crippen molar-refractivity contribution in [2.45, 2.75) is 49.9 Å². The maximum atomic E-state index is 13.1. The summed E-state index contributed by atoms with van der Waals surface area (Å²) in [4.78, 5) is 26.8. The number of nitrogens with zero attached hydrogens (tertiary/aromatic N) is 4. The number of rotatable bonds is 3.